The van der Waals surface area contributed by atoms with Crippen molar-refractivity contribution in [3.05, 3.63) is 12.2 Å². The molecule has 0 aliphatic rings. The number of nitrogens with zero attached hydrogens (tertiary/aromatic N) is 4. The van der Waals surface area contributed by atoms with Gasteiger partial charge in [-0.3, -0.25) is 0 Å². The molecule has 0 bridgehead atoms. The van der Waals surface area contributed by atoms with E-state index in [0.29, 0.717) is 0 Å². The van der Waals surface area contributed by atoms with Gasteiger partial charge in [0.25, 0.3) is 0 Å². The van der Waals surface area contributed by atoms with Crippen LogP contribution in [-0.2, 0) is 6.54 Å². The standard InChI is InChI=1S/C5H9N4/c1-5(2)3-9-7-4-6-8-9/h4H,3H2,1-2H3. The Hall–Kier alpha value is -0.930. The van der Waals surface area contributed by atoms with Crippen LogP contribution in [0.25, 0.3) is 0 Å². The zero-order valence-corrected chi connectivity index (χ0v) is 5.57. The molecule has 1 heterocycles. The van der Waals surface area contributed by atoms with Crippen LogP contribution >= 0.6 is 0 Å². The van der Waals surface area contributed by atoms with Crippen LogP contribution in [0.4, 0.5) is 0 Å². The quantitative estimate of drug-likeness (QED) is 0.570. The van der Waals surface area contributed by atoms with Crippen molar-refractivity contribution in [2.24, 2.45) is 0 Å². The molecule has 0 N–H and O–H groups in total. The lowest BCUT2D eigenvalue weighted by Crippen LogP contribution is -2.06. The van der Waals surface area contributed by atoms with Crippen LogP contribution in [0.15, 0.2) is 6.33 Å². The van der Waals surface area contributed by atoms with E-state index in [2.05, 4.69) is 15.4 Å². The highest BCUT2D eigenvalue weighted by molar-refractivity contribution is 4.73. The lowest BCUT2D eigenvalue weighted by atomic mass is 10.2. The van der Waals surface area contributed by atoms with E-state index in [1.165, 1.54) is 12.2 Å². The highest BCUT2D eigenvalue weighted by Crippen LogP contribution is 1.95. The minimum absolute atomic E-state index is 0.764. The van der Waals surface area contributed by atoms with Crippen LogP contribution in [0, 0.1) is 5.92 Å². The summed E-state index contributed by atoms with van der Waals surface area (Å²) in [6.07, 6.45) is 1.43. The van der Waals surface area contributed by atoms with Crippen molar-refractivity contribution in [1.82, 2.24) is 20.2 Å². The molecule has 0 aromatic carbocycles. The fourth-order valence-electron chi connectivity index (χ4n) is 0.544. The summed E-state index contributed by atoms with van der Waals surface area (Å²) in [7, 11) is 0. The monoisotopic (exact) mass is 125 g/mol. The molecule has 1 aromatic rings. The summed E-state index contributed by atoms with van der Waals surface area (Å²) >= 11 is 0. The van der Waals surface area contributed by atoms with Crippen LogP contribution in [-0.4, -0.2) is 20.2 Å². The fraction of sp³-hybridized carbons (Fsp3) is 0.600. The summed E-state index contributed by atoms with van der Waals surface area (Å²) in [6.45, 7) is 4.83. The Morgan fingerprint density at radius 3 is 2.78 bits per heavy atom. The van der Waals surface area contributed by atoms with Crippen LogP contribution in [0.3, 0.4) is 0 Å². The zero-order valence-electron chi connectivity index (χ0n) is 5.57. The highest BCUT2D eigenvalue weighted by atomic mass is 15.6. The van der Waals surface area contributed by atoms with Crippen molar-refractivity contribution >= 4 is 0 Å². The van der Waals surface area contributed by atoms with Gasteiger partial charge in [0, 0.05) is 0 Å². The molecule has 49 valence electrons. The van der Waals surface area contributed by atoms with Gasteiger partial charge in [0.1, 0.15) is 0 Å². The largest absolute Gasteiger partial charge is 0.164 e. The van der Waals surface area contributed by atoms with E-state index in [4.69, 9.17) is 0 Å². The van der Waals surface area contributed by atoms with Crippen molar-refractivity contribution in [3.8, 4) is 0 Å². The van der Waals surface area contributed by atoms with Crippen LogP contribution < -0.4 is 0 Å². The molecule has 0 aliphatic heterocycles. The number of rotatable bonds is 2. The predicted molar refractivity (Wildman–Crippen MR) is 32.4 cm³/mol. The first-order valence-corrected chi connectivity index (χ1v) is 2.79. The number of aromatic nitrogens is 4. The first-order chi connectivity index (χ1) is 4.29. The molecule has 1 radical (unpaired) electrons. The summed E-state index contributed by atoms with van der Waals surface area (Å²) in [5, 5.41) is 11.1. The smallest absolute Gasteiger partial charge is 0.162 e. The van der Waals surface area contributed by atoms with Gasteiger partial charge in [0.2, 0.25) is 0 Å². The molecule has 0 fully saturated rings. The third kappa shape index (κ3) is 1.79. The van der Waals surface area contributed by atoms with E-state index in [1.54, 1.807) is 4.80 Å². The van der Waals surface area contributed by atoms with Gasteiger partial charge in [-0.05, 0) is 11.1 Å². The maximum Gasteiger partial charge on any atom is 0.162 e. The summed E-state index contributed by atoms with van der Waals surface area (Å²) in [5.74, 6) is 1.27. The molecular formula is C5H9N4. The molecule has 4 heteroatoms. The molecule has 0 amide bonds. The lowest BCUT2D eigenvalue weighted by molar-refractivity contribution is 0.535. The average molecular weight is 125 g/mol. The predicted octanol–water partition coefficient (Wildman–Crippen LogP) is 0.287. The molecule has 0 spiro atoms. The summed E-state index contributed by atoms with van der Waals surface area (Å²) in [6, 6.07) is 0. The maximum absolute atomic E-state index is 3.83. The minimum atomic E-state index is 0.764. The first kappa shape index (κ1) is 6.19. The van der Waals surface area contributed by atoms with E-state index in [1.807, 2.05) is 13.8 Å². The van der Waals surface area contributed by atoms with E-state index >= 15 is 0 Å². The van der Waals surface area contributed by atoms with E-state index in [9.17, 15) is 0 Å². The molecule has 4 nitrogen and oxygen atoms in total. The van der Waals surface area contributed by atoms with Crippen LogP contribution in [0.5, 0.6) is 0 Å². The van der Waals surface area contributed by atoms with Gasteiger partial charge in [0.05, 0.1) is 6.54 Å². The van der Waals surface area contributed by atoms with Crippen LogP contribution in [0.1, 0.15) is 13.8 Å². The Balaban J connectivity index is 2.48. The third-order valence-corrected chi connectivity index (χ3v) is 0.849. The summed E-state index contributed by atoms with van der Waals surface area (Å²) in [5.41, 5.74) is 0. The van der Waals surface area contributed by atoms with Crippen molar-refractivity contribution in [2.45, 2.75) is 20.4 Å². The number of tetrazole rings is 1. The topological polar surface area (TPSA) is 43.6 Å². The van der Waals surface area contributed by atoms with Gasteiger partial charge in [0.15, 0.2) is 6.33 Å². The fourth-order valence-corrected chi connectivity index (χ4v) is 0.544. The second-order valence-corrected chi connectivity index (χ2v) is 2.17. The Morgan fingerprint density at radius 2 is 2.33 bits per heavy atom. The SMILES string of the molecule is C[C](C)Cn1ncnn1. The van der Waals surface area contributed by atoms with Crippen molar-refractivity contribution < 1.29 is 0 Å². The Labute approximate surface area is 53.9 Å². The minimum Gasteiger partial charge on any atom is -0.164 e. The summed E-state index contributed by atoms with van der Waals surface area (Å²) in [4.78, 5) is 1.55. The zero-order chi connectivity index (χ0) is 6.69. The van der Waals surface area contributed by atoms with Crippen molar-refractivity contribution in [1.29, 1.82) is 0 Å². The molecular weight excluding hydrogens is 116 g/mol. The second kappa shape index (κ2) is 2.57. The van der Waals surface area contributed by atoms with Gasteiger partial charge in [-0.1, -0.05) is 13.8 Å². The van der Waals surface area contributed by atoms with Gasteiger partial charge < -0.3 is 0 Å². The Kier molecular flexibility index (Phi) is 1.77. The highest BCUT2D eigenvalue weighted by Gasteiger charge is 1.95. The summed E-state index contributed by atoms with van der Waals surface area (Å²) < 4.78 is 0. The normalized spacial score (nSPS) is 10.6. The van der Waals surface area contributed by atoms with Gasteiger partial charge in [-0.15, -0.1) is 10.2 Å². The molecule has 0 atom stereocenters. The molecule has 0 saturated heterocycles. The molecule has 0 saturated carbocycles. The van der Waals surface area contributed by atoms with Gasteiger partial charge in [-0.25, -0.2) is 0 Å². The van der Waals surface area contributed by atoms with Crippen molar-refractivity contribution in [3.63, 3.8) is 0 Å². The van der Waals surface area contributed by atoms with E-state index < -0.39 is 0 Å². The number of hydrogen-bond acceptors (Lipinski definition) is 3. The average Bonchev–Trinajstić information content (AvgIpc) is 2.15. The van der Waals surface area contributed by atoms with Gasteiger partial charge >= 0.3 is 0 Å². The lowest BCUT2D eigenvalue weighted by Gasteiger charge is -1.98. The maximum atomic E-state index is 3.83. The van der Waals surface area contributed by atoms with Crippen molar-refractivity contribution in [2.75, 3.05) is 0 Å². The Bertz CT molecular complexity index is 155. The third-order valence-electron chi connectivity index (χ3n) is 0.849. The molecule has 0 aliphatic carbocycles. The number of hydrogen-bond donors (Lipinski definition) is 0. The molecule has 1 rings (SSSR count). The molecule has 0 unspecified atom stereocenters. The van der Waals surface area contributed by atoms with Gasteiger partial charge in [-0.2, -0.15) is 4.80 Å². The van der Waals surface area contributed by atoms with Crippen LogP contribution in [0.2, 0.25) is 0 Å². The Morgan fingerprint density at radius 1 is 1.56 bits per heavy atom. The van der Waals surface area contributed by atoms with E-state index in [-0.39, 0.29) is 0 Å². The van der Waals surface area contributed by atoms with E-state index in [0.717, 1.165) is 6.54 Å². The first-order valence-electron chi connectivity index (χ1n) is 2.79. The molecule has 1 aromatic heterocycles. The molecule has 9 heavy (non-hydrogen) atoms. The second-order valence-electron chi connectivity index (χ2n) is 2.17.